The van der Waals surface area contributed by atoms with Crippen molar-refractivity contribution in [2.75, 3.05) is 5.32 Å². The molecule has 1 aromatic carbocycles. The zero-order valence-corrected chi connectivity index (χ0v) is 14.9. The molecule has 0 aliphatic heterocycles. The molecule has 0 bridgehead atoms. The molecule has 1 unspecified atom stereocenters. The van der Waals surface area contributed by atoms with Gasteiger partial charge in [0, 0.05) is 12.4 Å². The highest BCUT2D eigenvalue weighted by molar-refractivity contribution is 6.30. The maximum absolute atomic E-state index is 12.5. The first-order chi connectivity index (χ1) is 12.1. The van der Waals surface area contributed by atoms with Gasteiger partial charge in [-0.05, 0) is 24.5 Å². The molecule has 0 saturated heterocycles. The van der Waals surface area contributed by atoms with Gasteiger partial charge < -0.3 is 5.32 Å². The van der Waals surface area contributed by atoms with Gasteiger partial charge in [0.1, 0.15) is 6.04 Å². The minimum atomic E-state index is -0.410. The average molecular weight is 358 g/mol. The molecule has 1 atom stereocenters. The third-order valence-corrected chi connectivity index (χ3v) is 4.27. The summed E-state index contributed by atoms with van der Waals surface area (Å²) in [6.45, 7) is 4.67. The van der Waals surface area contributed by atoms with Gasteiger partial charge in [-0.3, -0.25) is 14.2 Å². The highest BCUT2D eigenvalue weighted by Gasteiger charge is 2.20. The second-order valence-corrected chi connectivity index (χ2v) is 6.34. The molecule has 0 aliphatic carbocycles. The van der Waals surface area contributed by atoms with Crippen LogP contribution in [0.1, 0.15) is 30.5 Å². The first kappa shape index (κ1) is 17.2. The van der Waals surface area contributed by atoms with Crippen LogP contribution < -0.4 is 5.32 Å². The average Bonchev–Trinajstić information content (AvgIpc) is 3.20. The molecule has 0 fully saturated rings. The molecule has 3 rings (SSSR count). The van der Waals surface area contributed by atoms with Crippen LogP contribution in [0.5, 0.6) is 0 Å². The maximum Gasteiger partial charge on any atom is 0.249 e. The summed E-state index contributed by atoms with van der Waals surface area (Å²) in [6.07, 6.45) is 7.27. The van der Waals surface area contributed by atoms with Crippen molar-refractivity contribution < 1.29 is 4.79 Å². The van der Waals surface area contributed by atoms with Crippen LogP contribution in [0.4, 0.5) is 5.69 Å². The van der Waals surface area contributed by atoms with Crippen molar-refractivity contribution in [1.29, 1.82) is 0 Å². The Kier molecular flexibility index (Phi) is 5.19. The maximum atomic E-state index is 12.5. The van der Waals surface area contributed by atoms with E-state index in [1.165, 1.54) is 17.3 Å². The normalized spacial score (nSPS) is 12.1. The van der Waals surface area contributed by atoms with Crippen molar-refractivity contribution in [2.24, 2.45) is 0 Å². The Bertz CT molecular complexity index is 870. The lowest BCUT2D eigenvalue weighted by atomic mass is 10.1. The van der Waals surface area contributed by atoms with Crippen molar-refractivity contribution in [2.45, 2.75) is 32.9 Å². The van der Waals surface area contributed by atoms with Crippen LogP contribution in [0.3, 0.4) is 0 Å². The molecule has 3 aromatic rings. The number of aromatic nitrogens is 4. The summed E-state index contributed by atoms with van der Waals surface area (Å²) in [5.74, 6) is -0.141. The summed E-state index contributed by atoms with van der Waals surface area (Å²) in [7, 11) is 0. The summed E-state index contributed by atoms with van der Waals surface area (Å²) in [5.41, 5.74) is 3.07. The van der Waals surface area contributed by atoms with Crippen LogP contribution in [0.25, 0.3) is 0 Å². The molecule has 1 amide bonds. The Balaban J connectivity index is 1.68. The van der Waals surface area contributed by atoms with Crippen molar-refractivity contribution in [3.05, 3.63) is 65.2 Å². The number of hydrogen-bond acceptors (Lipinski definition) is 3. The molecule has 6 nitrogen and oxygen atoms in total. The Morgan fingerprint density at radius 3 is 2.72 bits per heavy atom. The fraction of sp³-hybridized carbons (Fsp3) is 0.278. The van der Waals surface area contributed by atoms with Gasteiger partial charge in [0.15, 0.2) is 0 Å². The van der Waals surface area contributed by atoms with E-state index in [1.54, 1.807) is 17.1 Å². The standard InChI is InChI=1S/C18H20ClN5O/c1-3-17(24-11-15(19)8-21-24)18(25)22-16-9-20-23(12-16)10-14-7-5-4-6-13(14)2/h4-9,11-12,17H,3,10H2,1-2H3,(H,22,25). The molecule has 130 valence electrons. The molecular formula is C18H20ClN5O. The second-order valence-electron chi connectivity index (χ2n) is 5.90. The van der Waals surface area contributed by atoms with Crippen molar-refractivity contribution in [3.8, 4) is 0 Å². The highest BCUT2D eigenvalue weighted by Crippen LogP contribution is 2.17. The van der Waals surface area contributed by atoms with Crippen molar-refractivity contribution in [1.82, 2.24) is 19.6 Å². The van der Waals surface area contributed by atoms with Gasteiger partial charge >= 0.3 is 0 Å². The van der Waals surface area contributed by atoms with Crippen LogP contribution >= 0.6 is 11.6 Å². The summed E-state index contributed by atoms with van der Waals surface area (Å²) < 4.78 is 3.39. The van der Waals surface area contributed by atoms with Crippen LogP contribution in [0.2, 0.25) is 5.02 Å². The molecule has 25 heavy (non-hydrogen) atoms. The van der Waals surface area contributed by atoms with E-state index in [9.17, 15) is 4.79 Å². The number of amides is 1. The van der Waals surface area contributed by atoms with Gasteiger partial charge in [0.2, 0.25) is 5.91 Å². The van der Waals surface area contributed by atoms with Crippen molar-refractivity contribution >= 4 is 23.2 Å². The van der Waals surface area contributed by atoms with E-state index in [-0.39, 0.29) is 5.91 Å². The minimum absolute atomic E-state index is 0.141. The lowest BCUT2D eigenvalue weighted by Gasteiger charge is -2.14. The zero-order valence-electron chi connectivity index (χ0n) is 14.2. The predicted octanol–water partition coefficient (Wildman–Crippen LogP) is 3.68. The Hall–Kier alpha value is -2.60. The third-order valence-electron chi connectivity index (χ3n) is 4.07. The predicted molar refractivity (Wildman–Crippen MR) is 97.7 cm³/mol. The molecule has 0 radical (unpaired) electrons. The number of nitrogens with zero attached hydrogens (tertiary/aromatic N) is 4. The zero-order chi connectivity index (χ0) is 17.8. The van der Waals surface area contributed by atoms with E-state index in [4.69, 9.17) is 11.6 Å². The largest absolute Gasteiger partial charge is 0.322 e. The summed E-state index contributed by atoms with van der Waals surface area (Å²) in [6, 6.07) is 7.76. The van der Waals surface area contributed by atoms with Crippen molar-refractivity contribution in [3.63, 3.8) is 0 Å². The number of benzene rings is 1. The van der Waals surface area contributed by atoms with Gasteiger partial charge in [-0.15, -0.1) is 0 Å². The molecular weight excluding hydrogens is 338 g/mol. The summed E-state index contributed by atoms with van der Waals surface area (Å²) >= 11 is 5.89. The van der Waals surface area contributed by atoms with E-state index in [1.807, 2.05) is 29.9 Å². The highest BCUT2D eigenvalue weighted by atomic mass is 35.5. The number of rotatable bonds is 6. The first-order valence-corrected chi connectivity index (χ1v) is 8.52. The van der Waals surface area contributed by atoms with Crippen LogP contribution in [0.15, 0.2) is 49.1 Å². The number of carbonyl (C=O) groups excluding carboxylic acids is 1. The summed E-state index contributed by atoms with van der Waals surface area (Å²) in [5, 5.41) is 11.9. The van der Waals surface area contributed by atoms with E-state index in [0.29, 0.717) is 23.7 Å². The Morgan fingerprint density at radius 2 is 2.04 bits per heavy atom. The number of anilines is 1. The first-order valence-electron chi connectivity index (χ1n) is 8.14. The summed E-state index contributed by atoms with van der Waals surface area (Å²) in [4.78, 5) is 12.5. The Morgan fingerprint density at radius 1 is 1.24 bits per heavy atom. The SMILES string of the molecule is CCC(C(=O)Nc1cnn(Cc2ccccc2C)c1)n1cc(Cl)cn1. The molecule has 0 saturated carbocycles. The van der Waals surface area contributed by atoms with E-state index in [0.717, 1.165) is 0 Å². The number of hydrogen-bond donors (Lipinski definition) is 1. The van der Waals surface area contributed by atoms with Crippen LogP contribution in [0, 0.1) is 6.92 Å². The fourth-order valence-corrected chi connectivity index (χ4v) is 2.82. The number of aryl methyl sites for hydroxylation is 1. The van der Waals surface area contributed by atoms with Gasteiger partial charge in [0.25, 0.3) is 0 Å². The number of nitrogens with one attached hydrogen (secondary N) is 1. The lowest BCUT2D eigenvalue weighted by Crippen LogP contribution is -2.25. The number of carbonyl (C=O) groups is 1. The van der Waals surface area contributed by atoms with Gasteiger partial charge in [-0.25, -0.2) is 0 Å². The molecule has 7 heteroatoms. The van der Waals surface area contributed by atoms with Gasteiger partial charge in [-0.2, -0.15) is 10.2 Å². The quantitative estimate of drug-likeness (QED) is 0.731. The van der Waals surface area contributed by atoms with Gasteiger partial charge in [-0.1, -0.05) is 42.8 Å². The van der Waals surface area contributed by atoms with E-state index >= 15 is 0 Å². The molecule has 0 spiro atoms. The lowest BCUT2D eigenvalue weighted by molar-refractivity contribution is -0.119. The van der Waals surface area contributed by atoms with Crippen LogP contribution in [-0.2, 0) is 11.3 Å². The number of halogens is 1. The molecule has 1 N–H and O–H groups in total. The third kappa shape index (κ3) is 4.09. The second kappa shape index (κ2) is 7.53. The monoisotopic (exact) mass is 357 g/mol. The van der Waals surface area contributed by atoms with E-state index < -0.39 is 6.04 Å². The topological polar surface area (TPSA) is 64.7 Å². The Labute approximate surface area is 151 Å². The smallest absolute Gasteiger partial charge is 0.249 e. The molecule has 2 aromatic heterocycles. The minimum Gasteiger partial charge on any atom is -0.322 e. The fourth-order valence-electron chi connectivity index (χ4n) is 2.68. The van der Waals surface area contributed by atoms with Crippen LogP contribution in [-0.4, -0.2) is 25.5 Å². The molecule has 2 heterocycles. The molecule has 0 aliphatic rings. The van der Waals surface area contributed by atoms with Gasteiger partial charge in [0.05, 0.1) is 29.6 Å². The van der Waals surface area contributed by atoms with E-state index in [2.05, 4.69) is 34.6 Å².